The van der Waals surface area contributed by atoms with Crippen molar-refractivity contribution >= 4 is 56.2 Å². The lowest BCUT2D eigenvalue weighted by molar-refractivity contribution is 0.601. The Labute approximate surface area is 131 Å². The van der Waals surface area contributed by atoms with E-state index >= 15 is 0 Å². The molecule has 0 saturated heterocycles. The molecule has 2 rings (SSSR count). The second-order valence-electron chi connectivity index (χ2n) is 3.91. The van der Waals surface area contributed by atoms with Crippen molar-refractivity contribution in [3.05, 3.63) is 51.5 Å². The molecule has 106 valence electrons. The first-order valence-electron chi connectivity index (χ1n) is 5.32. The third kappa shape index (κ3) is 3.30. The molecule has 8 heteroatoms. The van der Waals surface area contributed by atoms with Crippen LogP contribution >= 0.6 is 34.8 Å². The van der Waals surface area contributed by atoms with Gasteiger partial charge in [-0.2, -0.15) is 0 Å². The van der Waals surface area contributed by atoms with Gasteiger partial charge in [0.15, 0.2) is 0 Å². The van der Waals surface area contributed by atoms with E-state index in [0.29, 0.717) is 5.02 Å². The molecule has 0 aliphatic carbocycles. The van der Waals surface area contributed by atoms with Gasteiger partial charge < -0.3 is 5.73 Å². The summed E-state index contributed by atoms with van der Waals surface area (Å²) in [4.78, 5) is 0.0750. The van der Waals surface area contributed by atoms with Crippen LogP contribution in [0.2, 0.25) is 15.1 Å². The topological polar surface area (TPSA) is 72.2 Å². The molecule has 0 atom stereocenters. The van der Waals surface area contributed by atoms with Gasteiger partial charge in [0.05, 0.1) is 26.3 Å². The highest BCUT2D eigenvalue weighted by Gasteiger charge is 2.15. The van der Waals surface area contributed by atoms with Crippen molar-refractivity contribution in [2.45, 2.75) is 4.90 Å². The van der Waals surface area contributed by atoms with Crippen LogP contribution in [-0.4, -0.2) is 8.42 Å². The number of hydrogen-bond donors (Lipinski definition) is 2. The summed E-state index contributed by atoms with van der Waals surface area (Å²) in [5, 5.41) is 0.792. The Morgan fingerprint density at radius 3 is 1.95 bits per heavy atom. The fourth-order valence-electron chi connectivity index (χ4n) is 1.47. The molecular weight excluding hydrogens is 343 g/mol. The number of hydrogen-bond acceptors (Lipinski definition) is 3. The highest BCUT2D eigenvalue weighted by molar-refractivity contribution is 7.92. The molecule has 0 heterocycles. The maximum Gasteiger partial charge on any atom is 0.261 e. The molecule has 0 fully saturated rings. The van der Waals surface area contributed by atoms with Crippen LogP contribution in [-0.2, 0) is 10.0 Å². The molecule has 0 unspecified atom stereocenters. The van der Waals surface area contributed by atoms with E-state index in [4.69, 9.17) is 40.5 Å². The zero-order valence-electron chi connectivity index (χ0n) is 9.90. The summed E-state index contributed by atoms with van der Waals surface area (Å²) in [6.07, 6.45) is 0. The summed E-state index contributed by atoms with van der Waals surface area (Å²) >= 11 is 17.4. The lowest BCUT2D eigenvalue weighted by Gasteiger charge is -2.10. The monoisotopic (exact) mass is 350 g/mol. The van der Waals surface area contributed by atoms with E-state index in [1.165, 1.54) is 36.4 Å². The van der Waals surface area contributed by atoms with Gasteiger partial charge >= 0.3 is 0 Å². The molecule has 0 aliphatic rings. The average Bonchev–Trinajstić information content (AvgIpc) is 2.36. The van der Waals surface area contributed by atoms with Gasteiger partial charge in [-0.3, -0.25) is 4.72 Å². The fraction of sp³-hybridized carbons (Fsp3) is 0. The molecular formula is C12H9Cl3N2O2S. The van der Waals surface area contributed by atoms with Crippen LogP contribution in [0.15, 0.2) is 41.3 Å². The molecule has 20 heavy (non-hydrogen) atoms. The Bertz CT molecular complexity index is 723. The maximum absolute atomic E-state index is 12.1. The van der Waals surface area contributed by atoms with Gasteiger partial charge in [-0.15, -0.1) is 0 Å². The first-order chi connectivity index (χ1) is 9.29. The van der Waals surface area contributed by atoms with Crippen molar-refractivity contribution in [2.75, 3.05) is 10.5 Å². The van der Waals surface area contributed by atoms with E-state index in [2.05, 4.69) is 4.72 Å². The molecule has 0 radical (unpaired) electrons. The van der Waals surface area contributed by atoms with Crippen molar-refractivity contribution in [1.82, 2.24) is 0 Å². The van der Waals surface area contributed by atoms with Gasteiger partial charge in [0.1, 0.15) is 0 Å². The number of nitrogens with two attached hydrogens (primary N) is 1. The van der Waals surface area contributed by atoms with Crippen LogP contribution in [0, 0.1) is 0 Å². The Morgan fingerprint density at radius 2 is 1.45 bits per heavy atom. The number of sulfonamides is 1. The first kappa shape index (κ1) is 15.3. The largest absolute Gasteiger partial charge is 0.396 e. The minimum absolute atomic E-state index is 0.0750. The van der Waals surface area contributed by atoms with Gasteiger partial charge in [0.25, 0.3) is 10.0 Å². The molecule has 0 spiro atoms. The minimum Gasteiger partial charge on any atom is -0.396 e. The van der Waals surface area contributed by atoms with Crippen LogP contribution in [0.25, 0.3) is 0 Å². The van der Waals surface area contributed by atoms with E-state index in [1.54, 1.807) is 0 Å². The third-order valence-electron chi connectivity index (χ3n) is 2.46. The number of halogens is 3. The maximum atomic E-state index is 12.1. The highest BCUT2D eigenvalue weighted by atomic mass is 35.5. The van der Waals surface area contributed by atoms with Gasteiger partial charge in [0.2, 0.25) is 0 Å². The van der Waals surface area contributed by atoms with Crippen LogP contribution in [0.5, 0.6) is 0 Å². The van der Waals surface area contributed by atoms with Crippen LogP contribution < -0.4 is 10.5 Å². The highest BCUT2D eigenvalue weighted by Crippen LogP contribution is 2.32. The van der Waals surface area contributed by atoms with Crippen LogP contribution in [0.4, 0.5) is 11.4 Å². The molecule has 0 amide bonds. The third-order valence-corrected chi connectivity index (χ3v) is 4.73. The SMILES string of the molecule is Nc1c(Cl)cc(NS(=O)(=O)c2ccc(Cl)cc2)cc1Cl. The number of benzene rings is 2. The van der Waals surface area contributed by atoms with Gasteiger partial charge in [-0.1, -0.05) is 34.8 Å². The van der Waals surface area contributed by atoms with Gasteiger partial charge in [0, 0.05) is 5.02 Å². The quantitative estimate of drug-likeness (QED) is 0.820. The predicted octanol–water partition coefficient (Wildman–Crippen LogP) is 4.03. The molecule has 0 bridgehead atoms. The van der Waals surface area contributed by atoms with Crippen LogP contribution in [0.1, 0.15) is 0 Å². The van der Waals surface area contributed by atoms with Crippen molar-refractivity contribution in [3.8, 4) is 0 Å². The van der Waals surface area contributed by atoms with Crippen LogP contribution in [0.3, 0.4) is 0 Å². The van der Waals surface area contributed by atoms with Crippen molar-refractivity contribution in [2.24, 2.45) is 0 Å². The number of rotatable bonds is 3. The van der Waals surface area contributed by atoms with E-state index in [9.17, 15) is 8.42 Å². The summed E-state index contributed by atoms with van der Waals surface area (Å²) in [7, 11) is -3.74. The molecule has 2 aromatic carbocycles. The standard InChI is InChI=1S/C12H9Cl3N2O2S/c13-7-1-3-9(4-2-7)20(18,19)17-8-5-10(14)12(16)11(15)6-8/h1-6,17H,16H2. The smallest absolute Gasteiger partial charge is 0.261 e. The second-order valence-corrected chi connectivity index (χ2v) is 6.85. The van der Waals surface area contributed by atoms with E-state index < -0.39 is 10.0 Å². The fourth-order valence-corrected chi connectivity index (χ4v) is 3.12. The number of nitrogens with one attached hydrogen (secondary N) is 1. The Balaban J connectivity index is 2.36. The summed E-state index contributed by atoms with van der Waals surface area (Å²) in [6, 6.07) is 8.53. The van der Waals surface area contributed by atoms with E-state index in [0.717, 1.165) is 0 Å². The minimum atomic E-state index is -3.74. The molecule has 0 aromatic heterocycles. The second kappa shape index (κ2) is 5.69. The van der Waals surface area contributed by atoms with Crippen molar-refractivity contribution in [3.63, 3.8) is 0 Å². The molecule has 0 aliphatic heterocycles. The molecule has 4 nitrogen and oxygen atoms in total. The molecule has 0 saturated carbocycles. The molecule has 3 N–H and O–H groups in total. The summed E-state index contributed by atoms with van der Waals surface area (Å²) in [6.45, 7) is 0. The number of anilines is 2. The summed E-state index contributed by atoms with van der Waals surface area (Å²) in [5.41, 5.74) is 6.01. The average molecular weight is 352 g/mol. The summed E-state index contributed by atoms with van der Waals surface area (Å²) < 4.78 is 26.7. The Morgan fingerprint density at radius 1 is 0.950 bits per heavy atom. The van der Waals surface area contributed by atoms with Gasteiger partial charge in [-0.25, -0.2) is 8.42 Å². The zero-order valence-corrected chi connectivity index (χ0v) is 13.0. The zero-order chi connectivity index (χ0) is 14.9. The van der Waals surface area contributed by atoms with E-state index in [-0.39, 0.29) is 26.3 Å². The first-order valence-corrected chi connectivity index (χ1v) is 7.94. The normalized spacial score (nSPS) is 11.3. The van der Waals surface area contributed by atoms with E-state index in [1.807, 2.05) is 0 Å². The van der Waals surface area contributed by atoms with Crippen molar-refractivity contribution in [1.29, 1.82) is 0 Å². The lowest BCUT2D eigenvalue weighted by atomic mass is 10.3. The Hall–Kier alpha value is -1.14. The Kier molecular flexibility index (Phi) is 4.34. The van der Waals surface area contributed by atoms with Gasteiger partial charge in [-0.05, 0) is 36.4 Å². The predicted molar refractivity (Wildman–Crippen MR) is 83.1 cm³/mol. The summed E-state index contributed by atoms with van der Waals surface area (Å²) in [5.74, 6) is 0. The number of nitrogen functional groups attached to an aromatic ring is 1. The van der Waals surface area contributed by atoms with Crippen molar-refractivity contribution < 1.29 is 8.42 Å². The lowest BCUT2D eigenvalue weighted by Crippen LogP contribution is -2.13. The molecule has 2 aromatic rings.